The van der Waals surface area contributed by atoms with Crippen molar-refractivity contribution in [2.45, 2.75) is 11.8 Å². The van der Waals surface area contributed by atoms with Gasteiger partial charge in [0.2, 0.25) is 0 Å². The Labute approximate surface area is 194 Å². The lowest BCUT2D eigenvalue weighted by Gasteiger charge is -2.12. The van der Waals surface area contributed by atoms with E-state index in [-0.39, 0.29) is 10.0 Å². The molecule has 0 spiro atoms. The van der Waals surface area contributed by atoms with Gasteiger partial charge in [-0.05, 0) is 73.7 Å². The number of rotatable bonds is 6. The SMILES string of the molecule is COC(=O)c1cc(C)sc1NC(=S)Nc1ccc(S(=O)(=O)Nc2ccc(Cl)cc2)cc1. The number of thiocarbonyl (C=S) groups is 1. The van der Waals surface area contributed by atoms with Crippen molar-refractivity contribution in [2.24, 2.45) is 0 Å². The molecule has 2 aromatic carbocycles. The number of halogens is 1. The molecule has 0 radical (unpaired) electrons. The minimum absolute atomic E-state index is 0.0914. The average molecular weight is 496 g/mol. The number of nitrogens with one attached hydrogen (secondary N) is 3. The van der Waals surface area contributed by atoms with Crippen LogP contribution < -0.4 is 15.4 Å². The fourth-order valence-electron chi connectivity index (χ4n) is 2.58. The first-order valence-corrected chi connectivity index (χ1v) is 11.9. The van der Waals surface area contributed by atoms with Gasteiger partial charge in [-0.1, -0.05) is 11.6 Å². The van der Waals surface area contributed by atoms with Crippen molar-refractivity contribution in [1.82, 2.24) is 0 Å². The molecule has 7 nitrogen and oxygen atoms in total. The third kappa shape index (κ3) is 5.95. The van der Waals surface area contributed by atoms with Crippen LogP contribution in [0, 0.1) is 6.92 Å². The smallest absolute Gasteiger partial charge is 0.340 e. The number of sulfonamides is 1. The number of ether oxygens (including phenoxy) is 1. The predicted octanol–water partition coefficient (Wildman–Crippen LogP) is 5.11. The van der Waals surface area contributed by atoms with Crippen LogP contribution in [0.15, 0.2) is 59.5 Å². The molecule has 0 bridgehead atoms. The van der Waals surface area contributed by atoms with Gasteiger partial charge in [0.25, 0.3) is 10.0 Å². The number of anilines is 3. The van der Waals surface area contributed by atoms with Crippen molar-refractivity contribution in [3.63, 3.8) is 0 Å². The highest BCUT2D eigenvalue weighted by Crippen LogP contribution is 2.28. The van der Waals surface area contributed by atoms with E-state index in [1.165, 1.54) is 30.6 Å². The molecule has 0 aliphatic carbocycles. The Morgan fingerprint density at radius 3 is 2.26 bits per heavy atom. The second kappa shape index (κ2) is 9.65. The van der Waals surface area contributed by atoms with Gasteiger partial charge in [0.1, 0.15) is 5.00 Å². The molecule has 0 aliphatic rings. The van der Waals surface area contributed by atoms with Crippen molar-refractivity contribution in [2.75, 3.05) is 22.5 Å². The topological polar surface area (TPSA) is 96.5 Å². The monoisotopic (exact) mass is 495 g/mol. The summed E-state index contributed by atoms with van der Waals surface area (Å²) < 4.78 is 32.4. The number of hydrogen-bond donors (Lipinski definition) is 3. The second-order valence-corrected chi connectivity index (χ2v) is 10.1. The molecule has 0 saturated heterocycles. The van der Waals surface area contributed by atoms with Gasteiger partial charge in [-0.15, -0.1) is 11.3 Å². The van der Waals surface area contributed by atoms with Gasteiger partial charge in [0, 0.05) is 21.3 Å². The summed E-state index contributed by atoms with van der Waals surface area (Å²) >= 11 is 12.5. The van der Waals surface area contributed by atoms with E-state index < -0.39 is 16.0 Å². The minimum Gasteiger partial charge on any atom is -0.465 e. The summed E-state index contributed by atoms with van der Waals surface area (Å²) in [4.78, 5) is 12.9. The largest absolute Gasteiger partial charge is 0.465 e. The molecule has 0 aliphatic heterocycles. The molecule has 3 N–H and O–H groups in total. The van der Waals surface area contributed by atoms with Gasteiger partial charge in [0.05, 0.1) is 17.6 Å². The van der Waals surface area contributed by atoms with Crippen LogP contribution in [0.3, 0.4) is 0 Å². The molecule has 31 heavy (non-hydrogen) atoms. The number of esters is 1. The molecule has 3 aromatic rings. The predicted molar refractivity (Wildman–Crippen MR) is 129 cm³/mol. The summed E-state index contributed by atoms with van der Waals surface area (Å²) in [5.74, 6) is -0.461. The fraction of sp³-hybridized carbons (Fsp3) is 0.100. The molecule has 1 aromatic heterocycles. The molecule has 0 unspecified atom stereocenters. The number of aryl methyl sites for hydroxylation is 1. The van der Waals surface area contributed by atoms with Crippen LogP contribution >= 0.6 is 35.2 Å². The van der Waals surface area contributed by atoms with Crippen molar-refractivity contribution < 1.29 is 17.9 Å². The second-order valence-electron chi connectivity index (χ2n) is 6.31. The van der Waals surface area contributed by atoms with E-state index in [2.05, 4.69) is 15.4 Å². The van der Waals surface area contributed by atoms with E-state index in [0.717, 1.165) is 4.88 Å². The Morgan fingerprint density at radius 1 is 1.03 bits per heavy atom. The van der Waals surface area contributed by atoms with Crippen LogP contribution in [-0.4, -0.2) is 26.6 Å². The molecule has 3 rings (SSSR count). The van der Waals surface area contributed by atoms with Gasteiger partial charge in [-0.25, -0.2) is 13.2 Å². The Morgan fingerprint density at radius 2 is 1.65 bits per heavy atom. The van der Waals surface area contributed by atoms with E-state index in [0.29, 0.717) is 27.0 Å². The third-order valence-electron chi connectivity index (χ3n) is 4.01. The molecule has 162 valence electrons. The van der Waals surface area contributed by atoms with Crippen LogP contribution in [-0.2, 0) is 14.8 Å². The first kappa shape index (κ1) is 23.0. The van der Waals surface area contributed by atoms with E-state index in [9.17, 15) is 13.2 Å². The minimum atomic E-state index is -3.75. The summed E-state index contributed by atoms with van der Waals surface area (Å²) in [6, 6.07) is 14.2. The van der Waals surface area contributed by atoms with Gasteiger partial charge < -0.3 is 15.4 Å². The molecular formula is C20H18ClN3O4S3. The highest BCUT2D eigenvalue weighted by atomic mass is 35.5. The summed E-state index contributed by atoms with van der Waals surface area (Å²) in [5.41, 5.74) is 1.38. The number of benzene rings is 2. The van der Waals surface area contributed by atoms with Gasteiger partial charge in [-0.2, -0.15) is 0 Å². The standard InChI is InChI=1S/C20H18ClN3O4S3/c1-12-11-17(19(25)28-2)18(30-12)23-20(29)22-14-7-9-16(10-8-14)31(26,27)24-15-5-3-13(21)4-6-15/h3-11,24H,1-2H3,(H2,22,23,29). The Bertz CT molecular complexity index is 1210. The lowest BCUT2D eigenvalue weighted by Crippen LogP contribution is -2.20. The molecule has 0 fully saturated rings. The zero-order valence-electron chi connectivity index (χ0n) is 16.4. The molecule has 11 heteroatoms. The quantitative estimate of drug-likeness (QED) is 0.323. The van der Waals surface area contributed by atoms with E-state index in [1.807, 2.05) is 6.92 Å². The zero-order chi connectivity index (χ0) is 22.6. The Balaban J connectivity index is 1.67. The van der Waals surface area contributed by atoms with E-state index in [1.54, 1.807) is 42.5 Å². The van der Waals surface area contributed by atoms with Crippen molar-refractivity contribution >= 4 is 72.6 Å². The van der Waals surface area contributed by atoms with Crippen LogP contribution in [0.4, 0.5) is 16.4 Å². The van der Waals surface area contributed by atoms with Gasteiger partial charge in [-0.3, -0.25) is 4.72 Å². The van der Waals surface area contributed by atoms with Crippen molar-refractivity contribution in [3.05, 3.63) is 70.1 Å². The van der Waals surface area contributed by atoms with Crippen LogP contribution in [0.5, 0.6) is 0 Å². The van der Waals surface area contributed by atoms with E-state index >= 15 is 0 Å². The lowest BCUT2D eigenvalue weighted by atomic mass is 10.3. The molecule has 0 saturated carbocycles. The zero-order valence-corrected chi connectivity index (χ0v) is 19.6. The normalized spacial score (nSPS) is 10.9. The molecule has 1 heterocycles. The molecular weight excluding hydrogens is 478 g/mol. The Kier molecular flexibility index (Phi) is 7.16. The molecule has 0 amide bonds. The maximum absolute atomic E-state index is 12.5. The maximum atomic E-state index is 12.5. The first-order valence-electron chi connectivity index (χ1n) is 8.83. The van der Waals surface area contributed by atoms with E-state index in [4.69, 9.17) is 28.6 Å². The fourth-order valence-corrected chi connectivity index (χ4v) is 4.96. The molecule has 0 atom stereocenters. The summed E-state index contributed by atoms with van der Waals surface area (Å²) in [5, 5.41) is 7.27. The highest BCUT2D eigenvalue weighted by Gasteiger charge is 2.17. The average Bonchev–Trinajstić information content (AvgIpc) is 3.09. The van der Waals surface area contributed by atoms with Gasteiger partial charge >= 0.3 is 5.97 Å². The highest BCUT2D eigenvalue weighted by molar-refractivity contribution is 7.92. The summed E-state index contributed by atoms with van der Waals surface area (Å²) in [6.45, 7) is 1.87. The maximum Gasteiger partial charge on any atom is 0.340 e. The summed E-state index contributed by atoms with van der Waals surface area (Å²) in [7, 11) is -2.44. The number of hydrogen-bond acceptors (Lipinski definition) is 6. The van der Waals surface area contributed by atoms with Crippen LogP contribution in [0.1, 0.15) is 15.2 Å². The van der Waals surface area contributed by atoms with Crippen molar-refractivity contribution in [3.8, 4) is 0 Å². The number of methoxy groups -OCH3 is 1. The summed E-state index contributed by atoms with van der Waals surface area (Å²) in [6.07, 6.45) is 0. The first-order chi connectivity index (χ1) is 14.7. The van der Waals surface area contributed by atoms with Crippen LogP contribution in [0.2, 0.25) is 5.02 Å². The Hall–Kier alpha value is -2.66. The number of carbonyl (C=O) groups excluding carboxylic acids is 1. The van der Waals surface area contributed by atoms with Crippen LogP contribution in [0.25, 0.3) is 0 Å². The number of thiophene rings is 1. The number of carbonyl (C=O) groups is 1. The third-order valence-corrected chi connectivity index (χ3v) is 6.83. The van der Waals surface area contributed by atoms with Crippen molar-refractivity contribution in [1.29, 1.82) is 0 Å². The lowest BCUT2D eigenvalue weighted by molar-refractivity contribution is 0.0602. The van der Waals surface area contributed by atoms with Gasteiger partial charge in [0.15, 0.2) is 5.11 Å².